The van der Waals surface area contributed by atoms with Crippen molar-refractivity contribution in [2.75, 3.05) is 20.3 Å². The van der Waals surface area contributed by atoms with Gasteiger partial charge in [-0.3, -0.25) is 9.59 Å². The topological polar surface area (TPSA) is 89.2 Å². The number of aliphatic hydroxyl groups is 1. The monoisotopic (exact) mass is 503 g/mol. The lowest BCUT2D eigenvalue weighted by Crippen LogP contribution is -2.32. The molecule has 0 spiro atoms. The smallest absolute Gasteiger partial charge is 0.290 e. The van der Waals surface area contributed by atoms with E-state index < -0.39 is 23.5 Å². The lowest BCUT2D eigenvalue weighted by atomic mass is 9.98. The van der Waals surface area contributed by atoms with Gasteiger partial charge in [-0.2, -0.15) is 0 Å². The van der Waals surface area contributed by atoms with Crippen molar-refractivity contribution in [3.05, 3.63) is 62.2 Å². The molecule has 1 aliphatic rings. The zero-order chi connectivity index (χ0) is 24.6. The fourth-order valence-electron chi connectivity index (χ4n) is 4.09. The average molecular weight is 504 g/mol. The van der Waals surface area contributed by atoms with Crippen molar-refractivity contribution < 1.29 is 28.6 Å². The van der Waals surface area contributed by atoms with Crippen LogP contribution in [0.2, 0.25) is 5.02 Å². The van der Waals surface area contributed by atoms with Gasteiger partial charge in [0.25, 0.3) is 5.91 Å². The lowest BCUT2D eigenvalue weighted by Gasteiger charge is -2.26. The minimum Gasteiger partial charge on any atom is -0.503 e. The van der Waals surface area contributed by atoms with Crippen molar-refractivity contribution in [3.8, 4) is 5.75 Å². The number of amides is 1. The summed E-state index contributed by atoms with van der Waals surface area (Å²) in [5.74, 6) is -1.31. The Morgan fingerprint density at radius 1 is 1.32 bits per heavy atom. The molecule has 3 aromatic rings. The van der Waals surface area contributed by atoms with Crippen molar-refractivity contribution in [2.24, 2.45) is 0 Å². The maximum atomic E-state index is 13.7. The molecule has 1 aliphatic heterocycles. The molecule has 180 valence electrons. The Labute approximate surface area is 206 Å². The maximum absolute atomic E-state index is 13.7. The van der Waals surface area contributed by atoms with Crippen LogP contribution in [0.15, 0.2) is 45.4 Å². The number of ketones is 1. The Kier molecular flexibility index (Phi) is 7.02. The van der Waals surface area contributed by atoms with Crippen LogP contribution >= 0.6 is 22.9 Å². The first-order valence-corrected chi connectivity index (χ1v) is 12.2. The molecule has 2 aromatic heterocycles. The fraction of sp³-hybridized carbons (Fsp3) is 0.360. The summed E-state index contributed by atoms with van der Waals surface area (Å²) in [7, 11) is 1.48. The van der Waals surface area contributed by atoms with Gasteiger partial charge in [0.05, 0.1) is 24.8 Å². The van der Waals surface area contributed by atoms with Crippen LogP contribution in [0.1, 0.15) is 47.3 Å². The Morgan fingerprint density at radius 3 is 2.74 bits per heavy atom. The second kappa shape index (κ2) is 9.82. The van der Waals surface area contributed by atoms with E-state index in [1.165, 1.54) is 23.3 Å². The predicted octanol–water partition coefficient (Wildman–Crippen LogP) is 5.86. The first kappa shape index (κ1) is 24.3. The van der Waals surface area contributed by atoms with Gasteiger partial charge in [0.15, 0.2) is 22.9 Å². The van der Waals surface area contributed by atoms with E-state index in [0.29, 0.717) is 41.3 Å². The normalized spacial score (nSPS) is 16.4. The maximum Gasteiger partial charge on any atom is 0.290 e. The second-order valence-electron chi connectivity index (χ2n) is 8.37. The van der Waals surface area contributed by atoms with Gasteiger partial charge in [0.2, 0.25) is 5.78 Å². The number of benzene rings is 1. The molecule has 7 nitrogen and oxygen atoms in total. The third-order valence-corrected chi connectivity index (χ3v) is 6.97. The molecule has 3 heterocycles. The van der Waals surface area contributed by atoms with Gasteiger partial charge in [-0.05, 0) is 56.3 Å². The molecule has 0 saturated carbocycles. The van der Waals surface area contributed by atoms with E-state index in [9.17, 15) is 14.7 Å². The largest absolute Gasteiger partial charge is 0.503 e. The summed E-state index contributed by atoms with van der Waals surface area (Å²) in [6, 6.07) is 6.02. The number of furan rings is 1. The van der Waals surface area contributed by atoms with Gasteiger partial charge in [0.1, 0.15) is 0 Å². The number of aliphatic hydroxyl groups excluding tert-OH is 1. The minimum absolute atomic E-state index is 0.00412. The molecule has 34 heavy (non-hydrogen) atoms. The minimum atomic E-state index is -0.710. The molecule has 9 heteroatoms. The summed E-state index contributed by atoms with van der Waals surface area (Å²) in [6.45, 7) is 6.60. The van der Waals surface area contributed by atoms with E-state index in [0.717, 1.165) is 10.4 Å². The second-order valence-corrected chi connectivity index (χ2v) is 9.75. The number of ether oxygens (including phenoxy) is 2. The molecule has 4 rings (SSSR count). The van der Waals surface area contributed by atoms with Crippen LogP contribution < -0.4 is 4.74 Å². The average Bonchev–Trinajstić information content (AvgIpc) is 3.47. The Bertz CT molecular complexity index is 1270. The quantitative estimate of drug-likeness (QED) is 0.290. The molecule has 0 bridgehead atoms. The van der Waals surface area contributed by atoms with Crippen molar-refractivity contribution in [3.63, 3.8) is 0 Å². The van der Waals surface area contributed by atoms with Gasteiger partial charge >= 0.3 is 0 Å². The van der Waals surface area contributed by atoms with Gasteiger partial charge < -0.3 is 23.9 Å². The molecule has 1 atom stereocenters. The predicted molar refractivity (Wildman–Crippen MR) is 131 cm³/mol. The van der Waals surface area contributed by atoms with Gasteiger partial charge in [-0.25, -0.2) is 0 Å². The summed E-state index contributed by atoms with van der Waals surface area (Å²) in [5, 5.41) is 13.8. The number of rotatable bonds is 9. The first-order valence-electron chi connectivity index (χ1n) is 10.9. The molecule has 1 unspecified atom stereocenters. The molecule has 0 radical (unpaired) electrons. The van der Waals surface area contributed by atoms with E-state index in [-0.39, 0.29) is 17.4 Å². The van der Waals surface area contributed by atoms with E-state index in [1.807, 2.05) is 32.2 Å². The molecular weight excluding hydrogens is 478 g/mol. The molecule has 1 aromatic carbocycles. The van der Waals surface area contributed by atoms with Gasteiger partial charge in [-0.1, -0.05) is 11.6 Å². The zero-order valence-electron chi connectivity index (χ0n) is 19.4. The Morgan fingerprint density at radius 2 is 2.09 bits per heavy atom. The number of carbonyl (C=O) groups excluding carboxylic acids is 2. The molecule has 1 N–H and O–H groups in total. The standard InChI is InChI=1S/C25H26ClNO6S/c1-13(2)32-8-5-7-27-20(24-14(3)6-9-34-24)19(22(29)25(27)30)21(28)17-11-15-10-16(26)12-18(31-4)23(15)33-17/h6,9-13,20,29H,5,7-8H2,1-4H3. The van der Waals surface area contributed by atoms with Gasteiger partial charge in [0, 0.05) is 34.5 Å². The van der Waals surface area contributed by atoms with Crippen LogP contribution in [0.25, 0.3) is 11.0 Å². The number of methoxy groups -OCH3 is 1. The molecular formula is C25H26ClNO6S. The molecule has 0 saturated heterocycles. The van der Waals surface area contributed by atoms with Crippen LogP contribution in [-0.2, 0) is 9.53 Å². The van der Waals surface area contributed by atoms with Crippen LogP contribution in [-0.4, -0.2) is 48.1 Å². The van der Waals surface area contributed by atoms with Crippen LogP contribution in [0.5, 0.6) is 5.75 Å². The van der Waals surface area contributed by atoms with Crippen LogP contribution in [0, 0.1) is 6.92 Å². The number of halogens is 1. The number of fused-ring (bicyclic) bond motifs is 1. The number of nitrogens with zero attached hydrogens (tertiary/aromatic N) is 1. The zero-order valence-corrected chi connectivity index (χ0v) is 21.0. The van der Waals surface area contributed by atoms with Gasteiger partial charge in [-0.15, -0.1) is 11.3 Å². The summed E-state index contributed by atoms with van der Waals surface area (Å²) in [6.07, 6.45) is 0.645. The highest BCUT2D eigenvalue weighted by atomic mass is 35.5. The lowest BCUT2D eigenvalue weighted by molar-refractivity contribution is -0.129. The van der Waals surface area contributed by atoms with E-state index in [1.54, 1.807) is 18.2 Å². The third kappa shape index (κ3) is 4.45. The van der Waals surface area contributed by atoms with E-state index >= 15 is 0 Å². The Hall–Kier alpha value is -2.81. The molecule has 0 fully saturated rings. The first-order chi connectivity index (χ1) is 16.2. The summed E-state index contributed by atoms with van der Waals surface area (Å²) < 4.78 is 16.8. The number of Topliss-reactive ketones (excluding diaryl/α,β-unsaturated/α-hetero) is 1. The summed E-state index contributed by atoms with van der Waals surface area (Å²) in [4.78, 5) is 29.1. The number of thiophene rings is 1. The van der Waals surface area contributed by atoms with Crippen molar-refractivity contribution in [1.29, 1.82) is 0 Å². The highest BCUT2D eigenvalue weighted by Crippen LogP contribution is 2.43. The SMILES string of the molecule is COc1cc(Cl)cc2cc(C(=O)C3=C(O)C(=O)N(CCCOC(C)C)C3c3sccc3C)oc12. The summed E-state index contributed by atoms with van der Waals surface area (Å²) >= 11 is 7.59. The molecule has 1 amide bonds. The fourth-order valence-corrected chi connectivity index (χ4v) is 5.35. The highest BCUT2D eigenvalue weighted by Gasteiger charge is 2.45. The van der Waals surface area contributed by atoms with Crippen molar-refractivity contribution in [1.82, 2.24) is 4.90 Å². The van der Waals surface area contributed by atoms with Crippen LogP contribution in [0.4, 0.5) is 0 Å². The van der Waals surface area contributed by atoms with E-state index in [2.05, 4.69) is 0 Å². The molecule has 0 aliphatic carbocycles. The van der Waals surface area contributed by atoms with Crippen molar-refractivity contribution in [2.45, 2.75) is 39.3 Å². The number of hydrogen-bond donors (Lipinski definition) is 1. The Balaban J connectivity index is 1.73. The van der Waals surface area contributed by atoms with E-state index in [4.69, 9.17) is 25.5 Å². The van der Waals surface area contributed by atoms with Crippen LogP contribution in [0.3, 0.4) is 0 Å². The van der Waals surface area contributed by atoms with Crippen molar-refractivity contribution >= 4 is 45.6 Å². The highest BCUT2D eigenvalue weighted by molar-refractivity contribution is 7.10. The number of carbonyl (C=O) groups is 2. The third-order valence-electron chi connectivity index (χ3n) is 5.68. The number of hydrogen-bond acceptors (Lipinski definition) is 7. The summed E-state index contributed by atoms with van der Waals surface area (Å²) in [5.41, 5.74) is 1.31. The number of aryl methyl sites for hydroxylation is 1.